The number of rotatable bonds is 5. The Labute approximate surface area is 160 Å². The number of Topliss-reactive ketones (excluding diaryl/α,β-unsaturated/α-hetero) is 1. The SMILES string of the molecule is O=C(CN1CCN(C(=O)c2cc(-c3ccc(F)cc3)n[nH]2)CC1)c1ccco1. The van der Waals surface area contributed by atoms with E-state index in [9.17, 15) is 14.0 Å². The zero-order valence-corrected chi connectivity index (χ0v) is 15.1. The van der Waals surface area contributed by atoms with Gasteiger partial charge in [0.25, 0.3) is 5.91 Å². The molecule has 1 aliphatic rings. The van der Waals surface area contributed by atoms with Gasteiger partial charge in [0.2, 0.25) is 5.78 Å². The van der Waals surface area contributed by atoms with E-state index in [2.05, 4.69) is 10.2 Å². The molecule has 8 heteroatoms. The molecule has 0 unspecified atom stereocenters. The number of aromatic nitrogens is 2. The highest BCUT2D eigenvalue weighted by Gasteiger charge is 2.25. The Morgan fingerprint density at radius 3 is 2.54 bits per heavy atom. The molecule has 0 atom stereocenters. The third-order valence-corrected chi connectivity index (χ3v) is 4.77. The van der Waals surface area contributed by atoms with Gasteiger partial charge in [-0.15, -0.1) is 0 Å². The first-order chi connectivity index (χ1) is 13.6. The second-order valence-corrected chi connectivity index (χ2v) is 6.64. The van der Waals surface area contributed by atoms with Gasteiger partial charge in [-0.2, -0.15) is 5.10 Å². The van der Waals surface area contributed by atoms with E-state index in [4.69, 9.17) is 4.42 Å². The van der Waals surface area contributed by atoms with Crippen molar-refractivity contribution in [3.05, 3.63) is 66.0 Å². The molecular weight excluding hydrogens is 363 g/mol. The summed E-state index contributed by atoms with van der Waals surface area (Å²) in [5.41, 5.74) is 1.71. The van der Waals surface area contributed by atoms with Gasteiger partial charge in [-0.1, -0.05) is 0 Å². The van der Waals surface area contributed by atoms with E-state index in [0.717, 1.165) is 5.56 Å². The van der Waals surface area contributed by atoms with Gasteiger partial charge in [0, 0.05) is 31.7 Å². The van der Waals surface area contributed by atoms with Crippen molar-refractivity contribution in [2.24, 2.45) is 0 Å². The van der Waals surface area contributed by atoms with Gasteiger partial charge in [0.05, 0.1) is 18.5 Å². The van der Waals surface area contributed by atoms with Crippen LogP contribution in [0.25, 0.3) is 11.3 Å². The Hall–Kier alpha value is -3.26. The number of piperazine rings is 1. The number of nitrogens with zero attached hydrogens (tertiary/aromatic N) is 3. The lowest BCUT2D eigenvalue weighted by Gasteiger charge is -2.33. The standard InChI is InChI=1S/C20H19FN4O3/c21-15-5-3-14(4-6-15)16-12-17(23-22-16)20(27)25-9-7-24(8-10-25)13-18(26)19-2-1-11-28-19/h1-6,11-12H,7-10,13H2,(H,22,23). The van der Waals surface area contributed by atoms with Crippen molar-refractivity contribution in [2.75, 3.05) is 32.7 Å². The molecule has 1 saturated heterocycles. The van der Waals surface area contributed by atoms with E-state index >= 15 is 0 Å². The number of amides is 1. The van der Waals surface area contributed by atoms with Crippen molar-refractivity contribution >= 4 is 11.7 Å². The molecule has 1 aromatic carbocycles. The minimum Gasteiger partial charge on any atom is -0.461 e. The summed E-state index contributed by atoms with van der Waals surface area (Å²) in [6.07, 6.45) is 1.48. The maximum Gasteiger partial charge on any atom is 0.271 e. The highest BCUT2D eigenvalue weighted by molar-refractivity contribution is 5.95. The second-order valence-electron chi connectivity index (χ2n) is 6.64. The highest BCUT2D eigenvalue weighted by atomic mass is 19.1. The smallest absolute Gasteiger partial charge is 0.271 e. The van der Waals surface area contributed by atoms with Crippen LogP contribution in [0.3, 0.4) is 0 Å². The molecule has 28 heavy (non-hydrogen) atoms. The number of carbonyl (C=O) groups is 2. The van der Waals surface area contributed by atoms with Gasteiger partial charge in [-0.25, -0.2) is 4.39 Å². The number of halogens is 1. The van der Waals surface area contributed by atoms with E-state index < -0.39 is 0 Å². The van der Waals surface area contributed by atoms with Crippen LogP contribution >= 0.6 is 0 Å². The summed E-state index contributed by atoms with van der Waals surface area (Å²) in [7, 11) is 0. The normalized spacial score (nSPS) is 15.0. The van der Waals surface area contributed by atoms with Gasteiger partial charge in [-0.05, 0) is 42.5 Å². The Bertz CT molecular complexity index is 958. The van der Waals surface area contributed by atoms with Crippen LogP contribution in [0.15, 0.2) is 53.1 Å². The minimum atomic E-state index is -0.320. The lowest BCUT2D eigenvalue weighted by molar-refractivity contribution is 0.0615. The Morgan fingerprint density at radius 2 is 1.86 bits per heavy atom. The fourth-order valence-corrected chi connectivity index (χ4v) is 3.20. The zero-order chi connectivity index (χ0) is 19.5. The molecule has 0 radical (unpaired) electrons. The number of hydrogen-bond donors (Lipinski definition) is 1. The first-order valence-electron chi connectivity index (χ1n) is 9.00. The highest BCUT2D eigenvalue weighted by Crippen LogP contribution is 2.19. The molecule has 1 N–H and O–H groups in total. The molecule has 1 amide bonds. The Kier molecular flexibility index (Phi) is 5.03. The molecule has 2 aromatic heterocycles. The topological polar surface area (TPSA) is 82.4 Å². The molecule has 4 rings (SSSR count). The maximum atomic E-state index is 13.1. The van der Waals surface area contributed by atoms with Crippen molar-refractivity contribution in [3.8, 4) is 11.3 Å². The van der Waals surface area contributed by atoms with Crippen LogP contribution in [0.5, 0.6) is 0 Å². The number of nitrogens with one attached hydrogen (secondary N) is 1. The largest absolute Gasteiger partial charge is 0.461 e. The summed E-state index contributed by atoms with van der Waals surface area (Å²) < 4.78 is 18.2. The van der Waals surface area contributed by atoms with E-state index in [1.165, 1.54) is 18.4 Å². The fourth-order valence-electron chi connectivity index (χ4n) is 3.20. The van der Waals surface area contributed by atoms with Crippen LogP contribution < -0.4 is 0 Å². The predicted molar refractivity (Wildman–Crippen MR) is 99.4 cm³/mol. The molecule has 3 heterocycles. The molecule has 0 spiro atoms. The average molecular weight is 382 g/mol. The van der Waals surface area contributed by atoms with Crippen molar-refractivity contribution in [1.29, 1.82) is 0 Å². The first-order valence-corrected chi connectivity index (χ1v) is 9.00. The van der Waals surface area contributed by atoms with Gasteiger partial charge in [-0.3, -0.25) is 19.6 Å². The molecule has 0 saturated carbocycles. The lowest BCUT2D eigenvalue weighted by Crippen LogP contribution is -2.50. The summed E-state index contributed by atoms with van der Waals surface area (Å²) in [5, 5.41) is 6.92. The van der Waals surface area contributed by atoms with Crippen molar-refractivity contribution in [3.63, 3.8) is 0 Å². The minimum absolute atomic E-state index is 0.0673. The van der Waals surface area contributed by atoms with Gasteiger partial charge in [0.15, 0.2) is 5.76 Å². The monoisotopic (exact) mass is 382 g/mol. The van der Waals surface area contributed by atoms with Crippen molar-refractivity contribution in [1.82, 2.24) is 20.0 Å². The number of hydrogen-bond acceptors (Lipinski definition) is 5. The van der Waals surface area contributed by atoms with Crippen LogP contribution in [0.2, 0.25) is 0 Å². The average Bonchev–Trinajstić information content (AvgIpc) is 3.41. The van der Waals surface area contributed by atoms with E-state index in [1.807, 2.05) is 4.90 Å². The molecule has 1 aliphatic heterocycles. The summed E-state index contributed by atoms with van der Waals surface area (Å²) in [6, 6.07) is 11.0. The van der Waals surface area contributed by atoms with Crippen LogP contribution in [-0.2, 0) is 0 Å². The van der Waals surface area contributed by atoms with Crippen molar-refractivity contribution in [2.45, 2.75) is 0 Å². The molecular formula is C20H19FN4O3. The van der Waals surface area contributed by atoms with Gasteiger partial charge in [0.1, 0.15) is 11.5 Å². The third-order valence-electron chi connectivity index (χ3n) is 4.77. The Morgan fingerprint density at radius 1 is 1.11 bits per heavy atom. The quantitative estimate of drug-likeness (QED) is 0.686. The second kappa shape index (κ2) is 7.77. The molecule has 144 valence electrons. The van der Waals surface area contributed by atoms with E-state index in [1.54, 1.807) is 35.2 Å². The summed E-state index contributed by atoms with van der Waals surface area (Å²) in [5.74, 6) is -0.177. The number of aromatic amines is 1. The van der Waals surface area contributed by atoms with Crippen molar-refractivity contribution < 1.29 is 18.4 Å². The van der Waals surface area contributed by atoms with E-state index in [0.29, 0.717) is 43.3 Å². The predicted octanol–water partition coefficient (Wildman–Crippen LogP) is 2.45. The van der Waals surface area contributed by atoms with Crippen LogP contribution in [0.1, 0.15) is 21.0 Å². The molecule has 0 bridgehead atoms. The van der Waals surface area contributed by atoms with Crippen LogP contribution in [0, 0.1) is 5.82 Å². The van der Waals surface area contributed by atoms with Crippen LogP contribution in [0.4, 0.5) is 4.39 Å². The maximum absolute atomic E-state index is 13.1. The number of carbonyl (C=O) groups excluding carboxylic acids is 2. The van der Waals surface area contributed by atoms with Gasteiger partial charge >= 0.3 is 0 Å². The van der Waals surface area contributed by atoms with Gasteiger partial charge < -0.3 is 9.32 Å². The molecule has 0 aliphatic carbocycles. The number of H-pyrrole nitrogens is 1. The summed E-state index contributed by atoms with van der Waals surface area (Å²) >= 11 is 0. The Balaban J connectivity index is 1.34. The zero-order valence-electron chi connectivity index (χ0n) is 15.1. The van der Waals surface area contributed by atoms with Crippen LogP contribution in [-0.4, -0.2) is 64.4 Å². The van der Waals surface area contributed by atoms with E-state index in [-0.39, 0.29) is 24.1 Å². The summed E-state index contributed by atoms with van der Waals surface area (Å²) in [4.78, 5) is 28.6. The molecule has 1 fully saturated rings. The number of benzene rings is 1. The fraction of sp³-hybridized carbons (Fsp3) is 0.250. The molecule has 7 nitrogen and oxygen atoms in total. The third kappa shape index (κ3) is 3.86. The number of ketones is 1. The number of furan rings is 1. The first kappa shape index (κ1) is 18.1. The molecule has 3 aromatic rings. The lowest BCUT2D eigenvalue weighted by atomic mass is 10.1. The summed E-state index contributed by atoms with van der Waals surface area (Å²) in [6.45, 7) is 2.53.